The Labute approximate surface area is 117 Å². The van der Waals surface area contributed by atoms with Crippen LogP contribution in [0.5, 0.6) is 0 Å². The molecule has 6 heteroatoms. The van der Waals surface area contributed by atoms with Crippen molar-refractivity contribution in [3.05, 3.63) is 0 Å². The molecular formula is C13H27N3O2S. The number of piperidine rings is 2. The van der Waals surface area contributed by atoms with E-state index in [1.165, 1.54) is 0 Å². The van der Waals surface area contributed by atoms with Gasteiger partial charge in [-0.25, -0.2) is 0 Å². The highest BCUT2D eigenvalue weighted by molar-refractivity contribution is 7.86. The first-order chi connectivity index (χ1) is 9.07. The average molecular weight is 289 g/mol. The van der Waals surface area contributed by atoms with Gasteiger partial charge in [0.1, 0.15) is 0 Å². The van der Waals surface area contributed by atoms with E-state index < -0.39 is 10.2 Å². The molecular weight excluding hydrogens is 262 g/mol. The molecule has 0 bridgehead atoms. The summed E-state index contributed by atoms with van der Waals surface area (Å²) in [4.78, 5) is 0. The SMILES string of the molecule is CCC1CCCN(S(=O)(=O)N2CCCC(CN)C2)C1. The van der Waals surface area contributed by atoms with Crippen molar-refractivity contribution in [3.8, 4) is 0 Å². The molecule has 0 spiro atoms. The van der Waals surface area contributed by atoms with Gasteiger partial charge in [0.15, 0.2) is 0 Å². The Morgan fingerprint density at radius 3 is 2.11 bits per heavy atom. The van der Waals surface area contributed by atoms with Gasteiger partial charge in [0, 0.05) is 26.2 Å². The molecule has 5 nitrogen and oxygen atoms in total. The van der Waals surface area contributed by atoms with Crippen molar-refractivity contribution in [2.24, 2.45) is 17.6 Å². The van der Waals surface area contributed by atoms with E-state index in [2.05, 4.69) is 6.92 Å². The molecule has 2 heterocycles. The number of nitrogens with zero attached hydrogens (tertiary/aromatic N) is 2. The van der Waals surface area contributed by atoms with Crippen molar-refractivity contribution < 1.29 is 8.42 Å². The first-order valence-electron chi connectivity index (χ1n) is 7.53. The lowest BCUT2D eigenvalue weighted by Crippen LogP contribution is -2.51. The van der Waals surface area contributed by atoms with Crippen LogP contribution < -0.4 is 5.73 Å². The third-order valence-electron chi connectivity index (χ3n) is 4.53. The highest BCUT2D eigenvalue weighted by Crippen LogP contribution is 2.26. The number of rotatable bonds is 4. The fraction of sp³-hybridized carbons (Fsp3) is 1.00. The number of nitrogens with two attached hydrogens (primary N) is 1. The summed E-state index contributed by atoms with van der Waals surface area (Å²) in [6.07, 6.45) is 5.21. The molecule has 19 heavy (non-hydrogen) atoms. The molecule has 2 aliphatic heterocycles. The van der Waals surface area contributed by atoms with Crippen LogP contribution in [0.15, 0.2) is 0 Å². The quantitative estimate of drug-likeness (QED) is 0.840. The van der Waals surface area contributed by atoms with E-state index in [0.29, 0.717) is 44.6 Å². The molecule has 0 aromatic carbocycles. The first-order valence-corrected chi connectivity index (χ1v) is 8.93. The Morgan fingerprint density at radius 1 is 1.05 bits per heavy atom. The van der Waals surface area contributed by atoms with Gasteiger partial charge in [0.2, 0.25) is 0 Å². The van der Waals surface area contributed by atoms with Crippen LogP contribution in [0.25, 0.3) is 0 Å². The summed E-state index contributed by atoms with van der Waals surface area (Å²) in [5.41, 5.74) is 5.70. The summed E-state index contributed by atoms with van der Waals surface area (Å²) >= 11 is 0. The van der Waals surface area contributed by atoms with Gasteiger partial charge in [-0.2, -0.15) is 17.0 Å². The highest BCUT2D eigenvalue weighted by Gasteiger charge is 2.35. The minimum Gasteiger partial charge on any atom is -0.330 e. The summed E-state index contributed by atoms with van der Waals surface area (Å²) in [5.74, 6) is 0.855. The van der Waals surface area contributed by atoms with E-state index in [9.17, 15) is 8.42 Å². The minimum absolute atomic E-state index is 0.329. The second-order valence-corrected chi connectivity index (χ2v) is 7.81. The van der Waals surface area contributed by atoms with Gasteiger partial charge in [-0.15, -0.1) is 0 Å². The predicted molar refractivity (Wildman–Crippen MR) is 76.9 cm³/mol. The van der Waals surface area contributed by atoms with Crippen LogP contribution in [-0.2, 0) is 10.2 Å². The second-order valence-electron chi connectivity index (χ2n) is 5.88. The molecule has 2 aliphatic rings. The van der Waals surface area contributed by atoms with Gasteiger partial charge in [0.05, 0.1) is 0 Å². The summed E-state index contributed by atoms with van der Waals surface area (Å²) in [6.45, 7) is 5.37. The molecule has 2 fully saturated rings. The highest BCUT2D eigenvalue weighted by atomic mass is 32.2. The summed E-state index contributed by atoms with van der Waals surface area (Å²) in [5, 5.41) is 0. The smallest absolute Gasteiger partial charge is 0.281 e. The van der Waals surface area contributed by atoms with E-state index in [4.69, 9.17) is 5.73 Å². The van der Waals surface area contributed by atoms with Crippen molar-refractivity contribution in [3.63, 3.8) is 0 Å². The van der Waals surface area contributed by atoms with E-state index in [0.717, 1.165) is 32.1 Å². The zero-order valence-corrected chi connectivity index (χ0v) is 12.7. The zero-order valence-electron chi connectivity index (χ0n) is 11.9. The van der Waals surface area contributed by atoms with Gasteiger partial charge in [-0.05, 0) is 44.1 Å². The van der Waals surface area contributed by atoms with Crippen molar-refractivity contribution >= 4 is 10.2 Å². The molecule has 0 amide bonds. The predicted octanol–water partition coefficient (Wildman–Crippen LogP) is 1.02. The molecule has 2 atom stereocenters. The molecule has 0 aromatic rings. The van der Waals surface area contributed by atoms with E-state index in [1.807, 2.05) is 0 Å². The molecule has 2 unspecified atom stereocenters. The molecule has 0 radical (unpaired) electrons. The first kappa shape index (κ1) is 15.2. The molecule has 0 saturated carbocycles. The maximum atomic E-state index is 12.7. The molecule has 0 aliphatic carbocycles. The van der Waals surface area contributed by atoms with Gasteiger partial charge >= 0.3 is 0 Å². The fourth-order valence-electron chi connectivity index (χ4n) is 3.16. The second kappa shape index (κ2) is 6.52. The maximum absolute atomic E-state index is 12.7. The Balaban J connectivity index is 2.04. The van der Waals surface area contributed by atoms with Gasteiger partial charge < -0.3 is 5.73 Å². The zero-order chi connectivity index (χ0) is 13.9. The molecule has 2 rings (SSSR count). The van der Waals surface area contributed by atoms with Gasteiger partial charge in [-0.3, -0.25) is 0 Å². The molecule has 2 N–H and O–H groups in total. The Kier molecular flexibility index (Phi) is 5.22. The summed E-state index contributed by atoms with van der Waals surface area (Å²) in [6, 6.07) is 0. The maximum Gasteiger partial charge on any atom is 0.281 e. The molecule has 2 saturated heterocycles. The lowest BCUT2D eigenvalue weighted by molar-refractivity contribution is 0.217. The van der Waals surface area contributed by atoms with Crippen LogP contribution in [0, 0.1) is 11.8 Å². The van der Waals surface area contributed by atoms with Crippen molar-refractivity contribution in [1.29, 1.82) is 0 Å². The fourth-order valence-corrected chi connectivity index (χ4v) is 5.01. The van der Waals surface area contributed by atoms with Crippen LogP contribution in [0.4, 0.5) is 0 Å². The average Bonchev–Trinajstić information content (AvgIpc) is 2.47. The van der Waals surface area contributed by atoms with Crippen molar-refractivity contribution in [2.45, 2.75) is 39.0 Å². The van der Waals surface area contributed by atoms with Crippen molar-refractivity contribution in [1.82, 2.24) is 8.61 Å². The number of hydrogen-bond acceptors (Lipinski definition) is 3. The standard InChI is InChI=1S/C13H27N3O2S/c1-2-12-5-3-7-15(10-12)19(17,18)16-8-4-6-13(9-14)11-16/h12-13H,2-11,14H2,1H3. The summed E-state index contributed by atoms with van der Waals surface area (Å²) in [7, 11) is -3.26. The van der Waals surface area contributed by atoms with Crippen molar-refractivity contribution in [2.75, 3.05) is 32.7 Å². The largest absolute Gasteiger partial charge is 0.330 e. The van der Waals surface area contributed by atoms with Gasteiger partial charge in [0.25, 0.3) is 10.2 Å². The van der Waals surface area contributed by atoms with Crippen LogP contribution in [-0.4, -0.2) is 49.8 Å². The van der Waals surface area contributed by atoms with Gasteiger partial charge in [-0.1, -0.05) is 13.3 Å². The Morgan fingerprint density at radius 2 is 1.58 bits per heavy atom. The lowest BCUT2D eigenvalue weighted by atomic mass is 9.97. The van der Waals surface area contributed by atoms with Crippen LogP contribution in [0.1, 0.15) is 39.0 Å². The number of hydrogen-bond donors (Lipinski definition) is 1. The van der Waals surface area contributed by atoms with Crippen LogP contribution in [0.2, 0.25) is 0 Å². The normalized spacial score (nSPS) is 31.5. The van der Waals surface area contributed by atoms with E-state index in [-0.39, 0.29) is 0 Å². The molecule has 112 valence electrons. The Hall–Kier alpha value is -0.170. The molecule has 0 aromatic heterocycles. The third-order valence-corrected chi connectivity index (χ3v) is 6.50. The third kappa shape index (κ3) is 3.48. The monoisotopic (exact) mass is 289 g/mol. The topological polar surface area (TPSA) is 66.6 Å². The lowest BCUT2D eigenvalue weighted by Gasteiger charge is -2.38. The Bertz CT molecular complexity index is 355. The minimum atomic E-state index is -3.26. The van der Waals surface area contributed by atoms with Crippen LogP contribution in [0.3, 0.4) is 0 Å². The van der Waals surface area contributed by atoms with Crippen LogP contribution >= 0.6 is 0 Å². The van der Waals surface area contributed by atoms with E-state index >= 15 is 0 Å². The summed E-state index contributed by atoms with van der Waals surface area (Å²) < 4.78 is 28.7. The van der Waals surface area contributed by atoms with E-state index in [1.54, 1.807) is 8.61 Å².